The molecule has 2 heterocycles. The highest BCUT2D eigenvalue weighted by Crippen LogP contribution is 2.47. The molecule has 132 valence electrons. The van der Waals surface area contributed by atoms with Crippen LogP contribution in [0.25, 0.3) is 0 Å². The Kier molecular flexibility index (Phi) is 4.19. The number of sulfone groups is 1. The first kappa shape index (κ1) is 17.1. The largest absolute Gasteiger partial charge is 0.299 e. The molecule has 2 unspecified atom stereocenters. The lowest BCUT2D eigenvalue weighted by Crippen LogP contribution is -2.40. The van der Waals surface area contributed by atoms with Crippen LogP contribution in [-0.4, -0.2) is 25.7 Å². The van der Waals surface area contributed by atoms with Crippen molar-refractivity contribution in [3.8, 4) is 0 Å². The average Bonchev–Trinajstić information content (AvgIpc) is 2.55. The molecule has 4 rings (SSSR count). The highest BCUT2D eigenvalue weighted by Gasteiger charge is 2.46. The number of Topliss-reactive ketones (excluding diaryl/α,β-unsaturated/α-hetero) is 1. The van der Waals surface area contributed by atoms with E-state index in [1.807, 2.05) is 0 Å². The maximum atomic E-state index is 13.7. The van der Waals surface area contributed by atoms with Crippen molar-refractivity contribution in [2.45, 2.75) is 38.0 Å². The van der Waals surface area contributed by atoms with Gasteiger partial charge in [0, 0.05) is 18.1 Å². The fourth-order valence-corrected chi connectivity index (χ4v) is 6.45. The van der Waals surface area contributed by atoms with Crippen molar-refractivity contribution in [3.63, 3.8) is 0 Å². The van der Waals surface area contributed by atoms with Gasteiger partial charge in [-0.05, 0) is 59.3 Å². The van der Waals surface area contributed by atoms with Gasteiger partial charge in [0.2, 0.25) is 0 Å². The zero-order valence-corrected chi connectivity index (χ0v) is 15.9. The van der Waals surface area contributed by atoms with Gasteiger partial charge in [-0.1, -0.05) is 6.07 Å². The Bertz CT molecular complexity index is 936. The fourth-order valence-electron chi connectivity index (χ4n) is 4.14. The topological polar surface area (TPSA) is 63.6 Å². The van der Waals surface area contributed by atoms with Crippen LogP contribution in [-0.2, 0) is 14.6 Å². The number of nitrogens with zero attached hydrogens (tertiary/aromatic N) is 1. The summed E-state index contributed by atoms with van der Waals surface area (Å²) < 4.78 is 39.6. The summed E-state index contributed by atoms with van der Waals surface area (Å²) in [5.74, 6) is -1.43. The molecule has 0 radical (unpaired) electrons. The molecule has 1 aromatic rings. The SMILES string of the molecule is O=C1CCCC2=NC3=C(C(c4ccc(F)c(Br)c4)C12)S(=O)(=O)CCC3. The third-order valence-electron chi connectivity index (χ3n) is 5.21. The predicted octanol–water partition coefficient (Wildman–Crippen LogP) is 3.92. The van der Waals surface area contributed by atoms with Crippen LogP contribution >= 0.6 is 15.9 Å². The standard InChI is InChI=1S/C18H17BrFNO3S/c19-11-9-10(6-7-12(11)20)16-17-13(3-1-5-15(17)22)21-14-4-2-8-25(23,24)18(14)16/h6-7,9,16-17H,1-5,8H2. The Morgan fingerprint density at radius 3 is 2.68 bits per heavy atom. The van der Waals surface area contributed by atoms with Crippen LogP contribution in [0, 0.1) is 11.7 Å². The lowest BCUT2D eigenvalue weighted by Gasteiger charge is -2.38. The minimum Gasteiger partial charge on any atom is -0.299 e. The summed E-state index contributed by atoms with van der Waals surface area (Å²) in [7, 11) is -3.47. The minimum atomic E-state index is -3.47. The summed E-state index contributed by atoms with van der Waals surface area (Å²) in [6.07, 6.45) is 3.06. The maximum Gasteiger partial charge on any atom is 0.177 e. The van der Waals surface area contributed by atoms with E-state index in [1.165, 1.54) is 6.07 Å². The number of carbonyl (C=O) groups is 1. The summed E-state index contributed by atoms with van der Waals surface area (Å²) in [6, 6.07) is 4.50. The number of aliphatic imine (C=N–C) groups is 1. The molecule has 0 aromatic heterocycles. The van der Waals surface area contributed by atoms with Crippen molar-refractivity contribution < 1.29 is 17.6 Å². The van der Waals surface area contributed by atoms with Crippen molar-refractivity contribution >= 4 is 37.3 Å². The zero-order valence-electron chi connectivity index (χ0n) is 13.5. The van der Waals surface area contributed by atoms with Crippen LogP contribution in [0.1, 0.15) is 43.6 Å². The first-order chi connectivity index (χ1) is 11.9. The van der Waals surface area contributed by atoms with E-state index in [-0.39, 0.29) is 20.9 Å². The minimum absolute atomic E-state index is 0.0303. The molecular weight excluding hydrogens is 409 g/mol. The van der Waals surface area contributed by atoms with Crippen LogP contribution in [0.4, 0.5) is 4.39 Å². The van der Waals surface area contributed by atoms with Crippen LogP contribution in [0.5, 0.6) is 0 Å². The van der Waals surface area contributed by atoms with E-state index in [0.29, 0.717) is 36.9 Å². The number of hydrogen-bond donors (Lipinski definition) is 0. The quantitative estimate of drug-likeness (QED) is 0.684. The van der Waals surface area contributed by atoms with Crippen LogP contribution < -0.4 is 0 Å². The van der Waals surface area contributed by atoms with Gasteiger partial charge in [-0.15, -0.1) is 0 Å². The molecule has 2 atom stereocenters. The van der Waals surface area contributed by atoms with E-state index < -0.39 is 27.5 Å². The van der Waals surface area contributed by atoms with E-state index in [9.17, 15) is 17.6 Å². The molecule has 1 aliphatic carbocycles. The molecule has 7 heteroatoms. The monoisotopic (exact) mass is 425 g/mol. The van der Waals surface area contributed by atoms with E-state index in [0.717, 1.165) is 12.1 Å². The molecule has 0 N–H and O–H groups in total. The summed E-state index contributed by atoms with van der Waals surface area (Å²) in [4.78, 5) is 17.5. The van der Waals surface area contributed by atoms with Gasteiger partial charge in [0.25, 0.3) is 0 Å². The van der Waals surface area contributed by atoms with Gasteiger partial charge in [-0.3, -0.25) is 9.79 Å². The van der Waals surface area contributed by atoms with Crippen molar-refractivity contribution in [3.05, 3.63) is 44.7 Å². The molecule has 1 aromatic carbocycles. The van der Waals surface area contributed by atoms with Gasteiger partial charge in [0.05, 0.1) is 26.7 Å². The molecule has 2 aliphatic heterocycles. The van der Waals surface area contributed by atoms with Crippen LogP contribution in [0.15, 0.2) is 38.3 Å². The van der Waals surface area contributed by atoms with Crippen molar-refractivity contribution in [1.29, 1.82) is 0 Å². The third kappa shape index (κ3) is 2.81. The molecule has 25 heavy (non-hydrogen) atoms. The van der Waals surface area contributed by atoms with Crippen molar-refractivity contribution in [2.24, 2.45) is 10.9 Å². The number of carbonyl (C=O) groups excluding carboxylic acids is 1. The zero-order chi connectivity index (χ0) is 17.8. The van der Waals surface area contributed by atoms with E-state index >= 15 is 0 Å². The molecule has 0 saturated heterocycles. The molecule has 0 spiro atoms. The van der Waals surface area contributed by atoms with E-state index in [4.69, 9.17) is 0 Å². The lowest BCUT2D eigenvalue weighted by atomic mass is 9.72. The first-order valence-electron chi connectivity index (χ1n) is 8.39. The Balaban J connectivity index is 1.96. The van der Waals surface area contributed by atoms with Crippen LogP contribution in [0.2, 0.25) is 0 Å². The second kappa shape index (κ2) is 6.13. The third-order valence-corrected chi connectivity index (χ3v) is 7.80. The summed E-state index contributed by atoms with van der Waals surface area (Å²) in [5.41, 5.74) is 2.04. The smallest absolute Gasteiger partial charge is 0.177 e. The molecule has 1 fully saturated rings. The van der Waals surface area contributed by atoms with Gasteiger partial charge < -0.3 is 0 Å². The fraction of sp³-hybridized carbons (Fsp3) is 0.444. The average molecular weight is 426 g/mol. The van der Waals surface area contributed by atoms with Gasteiger partial charge in [-0.25, -0.2) is 12.8 Å². The van der Waals surface area contributed by atoms with Crippen molar-refractivity contribution in [1.82, 2.24) is 0 Å². The number of benzene rings is 1. The predicted molar refractivity (Wildman–Crippen MR) is 96.7 cm³/mol. The normalized spacial score (nSPS) is 28.2. The van der Waals surface area contributed by atoms with Crippen LogP contribution in [0.3, 0.4) is 0 Å². The van der Waals surface area contributed by atoms with E-state index in [2.05, 4.69) is 20.9 Å². The number of halogens is 2. The molecule has 0 bridgehead atoms. The Morgan fingerprint density at radius 1 is 1.12 bits per heavy atom. The lowest BCUT2D eigenvalue weighted by molar-refractivity contribution is -0.121. The molecule has 3 aliphatic rings. The number of hydrogen-bond acceptors (Lipinski definition) is 4. The molecule has 4 nitrogen and oxygen atoms in total. The molecule has 1 saturated carbocycles. The van der Waals surface area contributed by atoms with Gasteiger partial charge in [0.15, 0.2) is 9.84 Å². The highest BCUT2D eigenvalue weighted by atomic mass is 79.9. The molecular formula is C18H17BrFNO3S. The van der Waals surface area contributed by atoms with Gasteiger partial charge >= 0.3 is 0 Å². The second-order valence-corrected chi connectivity index (χ2v) is 9.72. The number of allylic oxidation sites excluding steroid dienone is 2. The number of fused-ring (bicyclic) bond motifs is 1. The maximum absolute atomic E-state index is 13.7. The Labute approximate surface area is 154 Å². The summed E-state index contributed by atoms with van der Waals surface area (Å²) in [5, 5.41) is 0. The summed E-state index contributed by atoms with van der Waals surface area (Å²) >= 11 is 3.18. The highest BCUT2D eigenvalue weighted by molar-refractivity contribution is 9.10. The Hall–Kier alpha value is -1.34. The van der Waals surface area contributed by atoms with Gasteiger partial charge in [0.1, 0.15) is 11.6 Å². The number of ketones is 1. The summed E-state index contributed by atoms with van der Waals surface area (Å²) in [6.45, 7) is 0. The van der Waals surface area contributed by atoms with E-state index in [1.54, 1.807) is 12.1 Å². The van der Waals surface area contributed by atoms with Gasteiger partial charge in [-0.2, -0.15) is 0 Å². The second-order valence-electron chi connectivity index (χ2n) is 6.79. The molecule has 0 amide bonds. The Morgan fingerprint density at radius 2 is 1.92 bits per heavy atom. The number of rotatable bonds is 1. The first-order valence-corrected chi connectivity index (χ1v) is 10.8. The van der Waals surface area contributed by atoms with Crippen molar-refractivity contribution in [2.75, 3.05) is 5.75 Å².